The van der Waals surface area contributed by atoms with Gasteiger partial charge in [-0.05, 0) is 37.1 Å². The number of carbonyl (C=O) groups is 1. The van der Waals surface area contributed by atoms with Gasteiger partial charge in [-0.1, -0.05) is 19.9 Å². The number of halogens is 1. The number of amides is 1. The van der Waals surface area contributed by atoms with Crippen LogP contribution in [0.5, 0.6) is 0 Å². The second kappa shape index (κ2) is 6.29. The lowest BCUT2D eigenvalue weighted by Gasteiger charge is -2.32. The van der Waals surface area contributed by atoms with Crippen molar-refractivity contribution >= 4 is 22.9 Å². The molecule has 1 aromatic carbocycles. The Balaban J connectivity index is 1.71. The van der Waals surface area contributed by atoms with E-state index in [-0.39, 0.29) is 17.9 Å². The molecule has 6 nitrogen and oxygen atoms in total. The van der Waals surface area contributed by atoms with Gasteiger partial charge in [-0.15, -0.1) is 0 Å². The first-order valence-corrected chi connectivity index (χ1v) is 9.34. The van der Waals surface area contributed by atoms with E-state index < -0.39 is 5.67 Å². The highest BCUT2D eigenvalue weighted by atomic mass is 19.1. The lowest BCUT2D eigenvalue weighted by atomic mass is 9.78. The number of H-pyrrole nitrogens is 1. The molecule has 2 aromatic heterocycles. The van der Waals surface area contributed by atoms with Crippen LogP contribution in [0, 0.1) is 0 Å². The summed E-state index contributed by atoms with van der Waals surface area (Å²) in [7, 11) is 0. The quantitative estimate of drug-likeness (QED) is 0.642. The van der Waals surface area contributed by atoms with Crippen LogP contribution in [0.3, 0.4) is 0 Å². The molecule has 28 heavy (non-hydrogen) atoms. The van der Waals surface area contributed by atoms with Gasteiger partial charge in [0, 0.05) is 40.9 Å². The zero-order chi connectivity index (χ0) is 20.1. The lowest BCUT2D eigenvalue weighted by Crippen LogP contribution is -2.43. The Hall–Kier alpha value is -2.96. The number of aromatic amines is 1. The maximum absolute atomic E-state index is 13.7. The van der Waals surface area contributed by atoms with Crippen LogP contribution < -0.4 is 10.6 Å². The molecule has 3 aromatic rings. The fraction of sp³-hybridized carbons (Fsp3) is 0.381. The average molecular weight is 381 g/mol. The number of carbonyl (C=O) groups excluding carboxylic acids is 1. The third-order valence-electron chi connectivity index (χ3n) is 5.09. The van der Waals surface area contributed by atoms with Crippen LogP contribution in [0.1, 0.15) is 43.6 Å². The number of hydrogen-bond donors (Lipinski definition) is 3. The maximum Gasteiger partial charge on any atom is 0.251 e. The van der Waals surface area contributed by atoms with Gasteiger partial charge >= 0.3 is 0 Å². The predicted molar refractivity (Wildman–Crippen MR) is 108 cm³/mol. The van der Waals surface area contributed by atoms with Crippen molar-refractivity contribution < 1.29 is 9.18 Å². The molecule has 0 radical (unpaired) electrons. The van der Waals surface area contributed by atoms with Crippen molar-refractivity contribution in [2.24, 2.45) is 0 Å². The Morgan fingerprint density at radius 2 is 2.07 bits per heavy atom. The van der Waals surface area contributed by atoms with Crippen molar-refractivity contribution in [2.75, 3.05) is 18.4 Å². The van der Waals surface area contributed by atoms with Gasteiger partial charge in [0.1, 0.15) is 11.3 Å². The first-order valence-electron chi connectivity index (χ1n) is 9.34. The highest BCUT2D eigenvalue weighted by Gasteiger charge is 2.31. The summed E-state index contributed by atoms with van der Waals surface area (Å²) >= 11 is 0. The summed E-state index contributed by atoms with van der Waals surface area (Å²) in [6, 6.07) is 5.90. The fourth-order valence-corrected chi connectivity index (χ4v) is 3.48. The number of rotatable bonds is 4. The minimum Gasteiger partial charge on any atom is -0.351 e. The molecular formula is C21H24FN5O. The fourth-order valence-electron chi connectivity index (χ4n) is 3.48. The van der Waals surface area contributed by atoms with E-state index in [0.717, 1.165) is 27.6 Å². The molecule has 1 aliphatic heterocycles. The van der Waals surface area contributed by atoms with Crippen molar-refractivity contribution in [3.63, 3.8) is 0 Å². The first kappa shape index (κ1) is 18.4. The minimum atomic E-state index is -1.35. The second-order valence-electron chi connectivity index (χ2n) is 8.56. The van der Waals surface area contributed by atoms with Crippen LogP contribution in [-0.2, 0) is 5.41 Å². The number of hydrogen-bond acceptors (Lipinski definition) is 4. The van der Waals surface area contributed by atoms with Crippen LogP contribution in [0.2, 0.25) is 0 Å². The van der Waals surface area contributed by atoms with Crippen molar-refractivity contribution in [1.82, 2.24) is 20.3 Å². The van der Waals surface area contributed by atoms with E-state index in [4.69, 9.17) is 0 Å². The topological polar surface area (TPSA) is 82.7 Å². The molecule has 0 fully saturated rings. The van der Waals surface area contributed by atoms with Crippen LogP contribution in [0.25, 0.3) is 22.2 Å². The van der Waals surface area contributed by atoms with Gasteiger partial charge in [0.25, 0.3) is 5.91 Å². The van der Waals surface area contributed by atoms with Crippen molar-refractivity contribution in [3.8, 4) is 11.1 Å². The number of benzene rings is 1. The number of aromatic nitrogens is 3. The Morgan fingerprint density at radius 1 is 1.29 bits per heavy atom. The second-order valence-corrected chi connectivity index (χ2v) is 8.56. The summed E-state index contributed by atoms with van der Waals surface area (Å²) in [5, 5.41) is 6.74. The summed E-state index contributed by atoms with van der Waals surface area (Å²) in [6.45, 7) is 7.99. The van der Waals surface area contributed by atoms with Crippen molar-refractivity contribution in [1.29, 1.82) is 0 Å². The molecule has 0 unspecified atom stereocenters. The van der Waals surface area contributed by atoms with Gasteiger partial charge in [0.2, 0.25) is 5.95 Å². The molecule has 0 bridgehead atoms. The normalized spacial score (nSPS) is 16.0. The maximum atomic E-state index is 13.7. The summed E-state index contributed by atoms with van der Waals surface area (Å²) in [5.74, 6) is 0.351. The molecule has 1 amide bonds. The molecule has 4 rings (SSSR count). The number of anilines is 1. The van der Waals surface area contributed by atoms with Gasteiger partial charge in [-0.3, -0.25) is 4.79 Å². The third-order valence-corrected chi connectivity index (χ3v) is 5.09. The number of nitrogens with one attached hydrogen (secondary N) is 3. The predicted octanol–water partition coefficient (Wildman–Crippen LogP) is 3.81. The molecule has 146 valence electrons. The number of fused-ring (bicyclic) bond motifs is 2. The molecular weight excluding hydrogens is 357 g/mol. The first-order chi connectivity index (χ1) is 13.1. The molecule has 3 heterocycles. The average Bonchev–Trinajstić information content (AvgIpc) is 3.06. The zero-order valence-corrected chi connectivity index (χ0v) is 16.5. The van der Waals surface area contributed by atoms with Crippen LogP contribution in [0.15, 0.2) is 30.6 Å². The standard InChI is InChI=1S/C21H24FN5O/c1-20(2)10-25-18(28)13-6-5-12(7-16(13)20)14-8-23-17-15(14)9-24-19(27-17)26-11-21(3,4)22/h5-9H,10-11H2,1-4H3,(H,25,28)(H2,23,24,26,27). The van der Waals surface area contributed by atoms with Crippen LogP contribution in [0.4, 0.5) is 10.3 Å². The number of alkyl halides is 1. The molecule has 1 aliphatic rings. The summed E-state index contributed by atoms with van der Waals surface area (Å²) in [4.78, 5) is 24.1. The Bertz CT molecular complexity index is 1060. The largest absolute Gasteiger partial charge is 0.351 e. The Labute approximate surface area is 163 Å². The van der Waals surface area contributed by atoms with E-state index in [1.807, 2.05) is 18.3 Å². The number of nitrogens with zero attached hydrogens (tertiary/aromatic N) is 2. The molecule has 0 atom stereocenters. The third kappa shape index (κ3) is 3.32. The lowest BCUT2D eigenvalue weighted by molar-refractivity contribution is 0.0930. The highest BCUT2D eigenvalue weighted by molar-refractivity contribution is 5.99. The van der Waals surface area contributed by atoms with Gasteiger partial charge in [0.05, 0.1) is 6.54 Å². The van der Waals surface area contributed by atoms with E-state index in [0.29, 0.717) is 18.1 Å². The Kier molecular flexibility index (Phi) is 4.14. The minimum absolute atomic E-state index is 0.0327. The van der Waals surface area contributed by atoms with E-state index in [9.17, 15) is 9.18 Å². The smallest absolute Gasteiger partial charge is 0.251 e. The van der Waals surface area contributed by atoms with Gasteiger partial charge in [-0.25, -0.2) is 9.37 Å². The van der Waals surface area contributed by atoms with E-state index >= 15 is 0 Å². The van der Waals surface area contributed by atoms with E-state index in [1.54, 1.807) is 6.20 Å². The Morgan fingerprint density at radius 3 is 2.82 bits per heavy atom. The van der Waals surface area contributed by atoms with Crippen molar-refractivity contribution in [2.45, 2.75) is 38.8 Å². The van der Waals surface area contributed by atoms with Crippen LogP contribution in [-0.4, -0.2) is 39.6 Å². The molecule has 0 saturated carbocycles. The van der Waals surface area contributed by atoms with Gasteiger partial charge < -0.3 is 15.6 Å². The van der Waals surface area contributed by atoms with Crippen LogP contribution >= 0.6 is 0 Å². The SMILES string of the molecule is CC(C)(F)CNc1ncc2c(-c3ccc4c(c3)C(C)(C)CNC4=O)c[nH]c2n1. The van der Waals surface area contributed by atoms with E-state index in [2.05, 4.69) is 45.5 Å². The van der Waals surface area contributed by atoms with E-state index in [1.165, 1.54) is 13.8 Å². The molecule has 3 N–H and O–H groups in total. The molecule has 0 aliphatic carbocycles. The summed E-state index contributed by atoms with van der Waals surface area (Å²) in [6.07, 6.45) is 3.62. The monoisotopic (exact) mass is 381 g/mol. The van der Waals surface area contributed by atoms with Gasteiger partial charge in [0.15, 0.2) is 0 Å². The summed E-state index contributed by atoms with van der Waals surface area (Å²) < 4.78 is 13.7. The molecule has 7 heteroatoms. The van der Waals surface area contributed by atoms with Gasteiger partial charge in [-0.2, -0.15) is 4.98 Å². The molecule has 0 spiro atoms. The molecule has 0 saturated heterocycles. The van der Waals surface area contributed by atoms with Crippen molar-refractivity contribution in [3.05, 3.63) is 41.7 Å². The summed E-state index contributed by atoms with van der Waals surface area (Å²) in [5.41, 5.74) is 2.92. The zero-order valence-electron chi connectivity index (χ0n) is 16.5. The highest BCUT2D eigenvalue weighted by Crippen LogP contribution is 2.35.